The fourth-order valence-electron chi connectivity index (χ4n) is 2.46. The van der Waals surface area contributed by atoms with Crippen LogP contribution in [0.25, 0.3) is 0 Å². The van der Waals surface area contributed by atoms with Gasteiger partial charge in [0.05, 0.1) is 22.9 Å². The summed E-state index contributed by atoms with van der Waals surface area (Å²) < 4.78 is 0. The van der Waals surface area contributed by atoms with Crippen LogP contribution < -0.4 is 5.32 Å². The van der Waals surface area contributed by atoms with Crippen LogP contribution >= 0.6 is 11.6 Å². The zero-order valence-electron chi connectivity index (χ0n) is 9.73. The minimum absolute atomic E-state index is 0.189. The molecule has 18 heavy (non-hydrogen) atoms. The molecule has 0 aliphatic heterocycles. The lowest BCUT2D eigenvalue weighted by Crippen LogP contribution is -2.07. The Hall–Kier alpha value is -1.74. The molecule has 3 nitrogen and oxygen atoms in total. The number of aromatic hydroxyl groups is 1. The van der Waals surface area contributed by atoms with Gasteiger partial charge in [-0.1, -0.05) is 23.7 Å². The van der Waals surface area contributed by atoms with E-state index in [0.717, 1.165) is 29.7 Å². The number of nitrogens with zero attached hydrogens (tertiary/aromatic N) is 1. The van der Waals surface area contributed by atoms with E-state index in [-0.39, 0.29) is 6.04 Å². The number of phenolic OH excluding ortho intramolecular Hbond substituents is 1. The molecular weight excluding hydrogens is 248 g/mol. The van der Waals surface area contributed by atoms with E-state index in [4.69, 9.17) is 11.6 Å². The second kappa shape index (κ2) is 4.50. The number of pyridine rings is 1. The number of fused-ring (bicyclic) bond motifs is 1. The predicted molar refractivity (Wildman–Crippen MR) is 72.0 cm³/mol. The van der Waals surface area contributed by atoms with Crippen LogP contribution in [0, 0.1) is 0 Å². The molecule has 0 saturated carbocycles. The van der Waals surface area contributed by atoms with E-state index in [0.29, 0.717) is 10.8 Å². The van der Waals surface area contributed by atoms with Crippen LogP contribution in [0.15, 0.2) is 36.7 Å². The second-order valence-corrected chi connectivity index (χ2v) is 4.84. The summed E-state index contributed by atoms with van der Waals surface area (Å²) in [5.41, 5.74) is 3.02. The Morgan fingerprint density at radius 1 is 1.33 bits per heavy atom. The van der Waals surface area contributed by atoms with E-state index < -0.39 is 0 Å². The van der Waals surface area contributed by atoms with E-state index in [2.05, 4.69) is 10.3 Å². The van der Waals surface area contributed by atoms with Crippen LogP contribution in [-0.4, -0.2) is 10.1 Å². The second-order valence-electron chi connectivity index (χ2n) is 4.44. The molecule has 3 rings (SSSR count). The van der Waals surface area contributed by atoms with E-state index in [9.17, 15) is 5.11 Å². The van der Waals surface area contributed by atoms with Gasteiger partial charge in [-0.2, -0.15) is 0 Å². The van der Waals surface area contributed by atoms with Gasteiger partial charge < -0.3 is 10.4 Å². The molecule has 92 valence electrons. The Bertz CT molecular complexity index is 586. The first-order valence-corrected chi connectivity index (χ1v) is 6.30. The van der Waals surface area contributed by atoms with Gasteiger partial charge in [0.15, 0.2) is 0 Å². The zero-order valence-corrected chi connectivity index (χ0v) is 10.5. The van der Waals surface area contributed by atoms with Crippen molar-refractivity contribution in [3.05, 3.63) is 52.8 Å². The average Bonchev–Trinajstić information content (AvgIpc) is 2.77. The van der Waals surface area contributed by atoms with Crippen molar-refractivity contribution in [1.82, 2.24) is 4.98 Å². The first-order chi connectivity index (χ1) is 8.75. The molecule has 1 aliphatic carbocycles. The standard InChI is InChI=1S/C14H13ClN2O/c15-11-6-7-16-8-13(11)17-12-5-4-10-9(12)2-1-3-14(10)18/h1-3,6-8,12,17-18H,4-5H2. The van der Waals surface area contributed by atoms with Gasteiger partial charge in [0.1, 0.15) is 5.75 Å². The molecule has 0 fully saturated rings. The largest absolute Gasteiger partial charge is 0.508 e. The smallest absolute Gasteiger partial charge is 0.119 e. The van der Waals surface area contributed by atoms with Crippen molar-refractivity contribution in [2.75, 3.05) is 5.32 Å². The fourth-order valence-corrected chi connectivity index (χ4v) is 2.62. The lowest BCUT2D eigenvalue weighted by atomic mass is 10.1. The topological polar surface area (TPSA) is 45.1 Å². The summed E-state index contributed by atoms with van der Waals surface area (Å²) in [7, 11) is 0. The third kappa shape index (κ3) is 1.91. The monoisotopic (exact) mass is 260 g/mol. The van der Waals surface area contributed by atoms with Gasteiger partial charge in [-0.05, 0) is 36.1 Å². The van der Waals surface area contributed by atoms with Crippen molar-refractivity contribution in [1.29, 1.82) is 0 Å². The third-order valence-electron chi connectivity index (χ3n) is 3.34. The van der Waals surface area contributed by atoms with Gasteiger partial charge in [-0.15, -0.1) is 0 Å². The SMILES string of the molecule is Oc1cccc2c1CCC2Nc1cnccc1Cl. The highest BCUT2D eigenvalue weighted by Crippen LogP contribution is 2.38. The fraction of sp³-hybridized carbons (Fsp3) is 0.214. The Kier molecular flexibility index (Phi) is 2.84. The van der Waals surface area contributed by atoms with Gasteiger partial charge in [-0.25, -0.2) is 0 Å². The van der Waals surface area contributed by atoms with Gasteiger partial charge in [0.2, 0.25) is 0 Å². The number of hydrogen-bond acceptors (Lipinski definition) is 3. The van der Waals surface area contributed by atoms with Gasteiger partial charge in [0.25, 0.3) is 0 Å². The van der Waals surface area contributed by atoms with Crippen molar-refractivity contribution in [2.24, 2.45) is 0 Å². The van der Waals surface area contributed by atoms with Crippen molar-refractivity contribution in [3.8, 4) is 5.75 Å². The zero-order chi connectivity index (χ0) is 12.5. The van der Waals surface area contributed by atoms with E-state index >= 15 is 0 Å². The Morgan fingerprint density at radius 2 is 2.22 bits per heavy atom. The molecule has 0 amide bonds. The van der Waals surface area contributed by atoms with Crippen LogP contribution in [0.3, 0.4) is 0 Å². The molecule has 0 bridgehead atoms. The number of anilines is 1. The number of halogens is 1. The van der Waals surface area contributed by atoms with Crippen molar-refractivity contribution < 1.29 is 5.11 Å². The molecule has 0 radical (unpaired) electrons. The molecule has 1 heterocycles. The number of aromatic nitrogens is 1. The quantitative estimate of drug-likeness (QED) is 0.868. The predicted octanol–water partition coefficient (Wildman–Crippen LogP) is 3.54. The van der Waals surface area contributed by atoms with Crippen LogP contribution in [0.4, 0.5) is 5.69 Å². The van der Waals surface area contributed by atoms with Crippen LogP contribution in [-0.2, 0) is 6.42 Å². The molecule has 0 saturated heterocycles. The first kappa shape index (κ1) is 11.4. The summed E-state index contributed by atoms with van der Waals surface area (Å²) in [5.74, 6) is 0.383. The maximum absolute atomic E-state index is 9.80. The average molecular weight is 261 g/mol. The molecule has 1 atom stereocenters. The molecule has 2 N–H and O–H groups in total. The lowest BCUT2D eigenvalue weighted by molar-refractivity contribution is 0.469. The number of phenols is 1. The van der Waals surface area contributed by atoms with Crippen LogP contribution in [0.5, 0.6) is 5.75 Å². The Morgan fingerprint density at radius 3 is 3.06 bits per heavy atom. The maximum atomic E-state index is 9.80. The summed E-state index contributed by atoms with van der Waals surface area (Å²) in [4.78, 5) is 4.06. The van der Waals surface area contributed by atoms with Crippen molar-refractivity contribution >= 4 is 17.3 Å². The minimum atomic E-state index is 0.189. The van der Waals surface area contributed by atoms with E-state index in [1.807, 2.05) is 12.1 Å². The number of nitrogens with one attached hydrogen (secondary N) is 1. The first-order valence-electron chi connectivity index (χ1n) is 5.92. The summed E-state index contributed by atoms with van der Waals surface area (Å²) in [6, 6.07) is 7.61. The number of benzene rings is 1. The van der Waals surface area contributed by atoms with E-state index in [1.54, 1.807) is 24.5 Å². The maximum Gasteiger partial charge on any atom is 0.119 e. The molecule has 1 aromatic carbocycles. The van der Waals surface area contributed by atoms with Crippen molar-refractivity contribution in [2.45, 2.75) is 18.9 Å². The highest BCUT2D eigenvalue weighted by Gasteiger charge is 2.24. The molecule has 2 aromatic rings. The van der Waals surface area contributed by atoms with Gasteiger partial charge in [0, 0.05) is 6.20 Å². The van der Waals surface area contributed by atoms with Crippen LogP contribution in [0.1, 0.15) is 23.6 Å². The highest BCUT2D eigenvalue weighted by atomic mass is 35.5. The summed E-state index contributed by atoms with van der Waals surface area (Å²) in [5, 5.41) is 13.9. The highest BCUT2D eigenvalue weighted by molar-refractivity contribution is 6.33. The molecule has 0 spiro atoms. The Labute approximate surface area is 110 Å². The number of rotatable bonds is 2. The minimum Gasteiger partial charge on any atom is -0.508 e. The summed E-state index contributed by atoms with van der Waals surface area (Å²) in [6.45, 7) is 0. The molecule has 1 unspecified atom stereocenters. The molecule has 4 heteroatoms. The molecule has 1 aromatic heterocycles. The normalized spacial score (nSPS) is 17.5. The number of hydrogen-bond donors (Lipinski definition) is 2. The van der Waals surface area contributed by atoms with Crippen LogP contribution in [0.2, 0.25) is 5.02 Å². The molecular formula is C14H13ClN2O. The van der Waals surface area contributed by atoms with Gasteiger partial charge >= 0.3 is 0 Å². The summed E-state index contributed by atoms with van der Waals surface area (Å²) >= 11 is 6.11. The Balaban J connectivity index is 1.90. The third-order valence-corrected chi connectivity index (χ3v) is 3.67. The van der Waals surface area contributed by atoms with Gasteiger partial charge in [-0.3, -0.25) is 4.98 Å². The molecule has 1 aliphatic rings. The van der Waals surface area contributed by atoms with Crippen molar-refractivity contribution in [3.63, 3.8) is 0 Å². The summed E-state index contributed by atoms with van der Waals surface area (Å²) in [6.07, 6.45) is 5.24. The van der Waals surface area contributed by atoms with E-state index in [1.165, 1.54) is 0 Å². The lowest BCUT2D eigenvalue weighted by Gasteiger charge is -2.16.